The zero-order valence-corrected chi connectivity index (χ0v) is 11.4. The second-order valence-corrected chi connectivity index (χ2v) is 5.07. The minimum Gasteiger partial charge on any atom is -0.295 e. The van der Waals surface area contributed by atoms with Crippen molar-refractivity contribution in [1.82, 2.24) is 0 Å². The summed E-state index contributed by atoms with van der Waals surface area (Å²) in [5, 5.41) is 0. The Morgan fingerprint density at radius 3 is 2.21 bits per heavy atom. The third kappa shape index (κ3) is 3.50. The maximum atomic E-state index is 11.6. The zero-order chi connectivity index (χ0) is 13.8. The van der Waals surface area contributed by atoms with Crippen LogP contribution in [0.5, 0.6) is 0 Å². The molecule has 98 valence electrons. The van der Waals surface area contributed by atoms with E-state index in [-0.39, 0.29) is 11.6 Å². The van der Waals surface area contributed by atoms with Crippen LogP contribution in [0.25, 0.3) is 0 Å². The van der Waals surface area contributed by atoms with Crippen molar-refractivity contribution in [2.24, 2.45) is 0 Å². The number of allylic oxidation sites excluding steroid dienone is 10. The average Bonchev–Trinajstić information content (AvgIpc) is 2.52. The molecule has 0 saturated carbocycles. The highest BCUT2D eigenvalue weighted by molar-refractivity contribution is 6.04. The topological polar surface area (TPSA) is 34.1 Å². The molecular weight excluding hydrogens is 236 g/mol. The van der Waals surface area contributed by atoms with E-state index >= 15 is 0 Å². The first-order chi connectivity index (χ1) is 9.06. The smallest absolute Gasteiger partial charge is 0.181 e. The maximum Gasteiger partial charge on any atom is 0.181 e. The van der Waals surface area contributed by atoms with Gasteiger partial charge in [-0.25, -0.2) is 0 Å². The summed E-state index contributed by atoms with van der Waals surface area (Å²) in [6.45, 7) is 3.82. The fourth-order valence-corrected chi connectivity index (χ4v) is 2.17. The lowest BCUT2D eigenvalue weighted by atomic mass is 9.96. The van der Waals surface area contributed by atoms with E-state index in [9.17, 15) is 9.59 Å². The molecule has 0 spiro atoms. The Morgan fingerprint density at radius 2 is 1.47 bits per heavy atom. The van der Waals surface area contributed by atoms with Crippen molar-refractivity contribution < 1.29 is 9.59 Å². The number of carbonyl (C=O) groups excluding carboxylic acids is 2. The van der Waals surface area contributed by atoms with Gasteiger partial charge in [0.1, 0.15) is 0 Å². The number of hydrogen-bond donors (Lipinski definition) is 0. The van der Waals surface area contributed by atoms with Gasteiger partial charge in [-0.15, -0.1) is 0 Å². The Kier molecular flexibility index (Phi) is 4.10. The monoisotopic (exact) mass is 254 g/mol. The third-order valence-electron chi connectivity index (χ3n) is 3.46. The molecular formula is C17H18O2. The molecule has 2 aliphatic rings. The molecule has 2 aliphatic carbocycles. The third-order valence-corrected chi connectivity index (χ3v) is 3.46. The van der Waals surface area contributed by atoms with Crippen LogP contribution in [0.15, 0.2) is 58.7 Å². The summed E-state index contributed by atoms with van der Waals surface area (Å²) >= 11 is 0. The molecule has 0 atom stereocenters. The molecule has 0 aliphatic heterocycles. The van der Waals surface area contributed by atoms with E-state index in [4.69, 9.17) is 0 Å². The van der Waals surface area contributed by atoms with Crippen LogP contribution in [0.3, 0.4) is 0 Å². The summed E-state index contributed by atoms with van der Waals surface area (Å²) in [5.41, 5.74) is 4.11. The van der Waals surface area contributed by atoms with Gasteiger partial charge in [0.25, 0.3) is 0 Å². The van der Waals surface area contributed by atoms with E-state index < -0.39 is 0 Å². The molecule has 0 aromatic heterocycles. The summed E-state index contributed by atoms with van der Waals surface area (Å²) in [6, 6.07) is 0. The molecule has 0 saturated heterocycles. The van der Waals surface area contributed by atoms with Crippen LogP contribution >= 0.6 is 0 Å². The van der Waals surface area contributed by atoms with Gasteiger partial charge in [0.05, 0.1) is 0 Å². The van der Waals surface area contributed by atoms with Crippen LogP contribution in [0.2, 0.25) is 0 Å². The van der Waals surface area contributed by atoms with Crippen molar-refractivity contribution in [3.63, 3.8) is 0 Å². The Balaban J connectivity index is 2.37. The van der Waals surface area contributed by atoms with Crippen molar-refractivity contribution >= 4 is 11.6 Å². The molecule has 2 heteroatoms. The van der Waals surface area contributed by atoms with Gasteiger partial charge >= 0.3 is 0 Å². The Hall–Kier alpha value is -1.96. The van der Waals surface area contributed by atoms with Crippen molar-refractivity contribution in [1.29, 1.82) is 0 Å². The van der Waals surface area contributed by atoms with E-state index in [2.05, 4.69) is 6.08 Å². The number of carbonyl (C=O) groups is 2. The fraction of sp³-hybridized carbons (Fsp3) is 0.294. The van der Waals surface area contributed by atoms with Crippen LogP contribution in [0, 0.1) is 0 Å². The van der Waals surface area contributed by atoms with Gasteiger partial charge in [-0.1, -0.05) is 29.9 Å². The fourth-order valence-electron chi connectivity index (χ4n) is 2.17. The summed E-state index contributed by atoms with van der Waals surface area (Å²) < 4.78 is 0. The van der Waals surface area contributed by atoms with Crippen molar-refractivity contribution in [2.45, 2.75) is 33.1 Å². The summed E-state index contributed by atoms with van der Waals surface area (Å²) in [5.74, 6) is 0.195. The predicted octanol–water partition coefficient (Wildman–Crippen LogP) is 3.62. The lowest BCUT2D eigenvalue weighted by molar-refractivity contribution is -0.114. The van der Waals surface area contributed by atoms with Gasteiger partial charge in [-0.2, -0.15) is 0 Å². The molecule has 2 nitrogen and oxygen atoms in total. The number of ketones is 2. The van der Waals surface area contributed by atoms with E-state index in [1.807, 2.05) is 32.1 Å². The highest BCUT2D eigenvalue weighted by Crippen LogP contribution is 2.23. The first-order valence-corrected chi connectivity index (χ1v) is 6.54. The van der Waals surface area contributed by atoms with Gasteiger partial charge in [0.15, 0.2) is 11.6 Å². The first-order valence-electron chi connectivity index (χ1n) is 6.54. The predicted molar refractivity (Wildman–Crippen MR) is 76.7 cm³/mol. The molecule has 0 radical (unpaired) electrons. The molecule has 0 N–H and O–H groups in total. The van der Waals surface area contributed by atoms with E-state index in [1.165, 1.54) is 0 Å². The van der Waals surface area contributed by atoms with Gasteiger partial charge in [-0.05, 0) is 55.6 Å². The largest absolute Gasteiger partial charge is 0.295 e. The first kappa shape index (κ1) is 13.5. The molecule has 2 rings (SSSR count). The van der Waals surface area contributed by atoms with Gasteiger partial charge in [0.2, 0.25) is 0 Å². The van der Waals surface area contributed by atoms with Crippen molar-refractivity contribution in [2.75, 3.05) is 0 Å². The molecule has 0 amide bonds. The van der Waals surface area contributed by atoms with Crippen LogP contribution in [0.4, 0.5) is 0 Å². The minimum atomic E-state index is 0.0632. The van der Waals surface area contributed by atoms with Crippen LogP contribution in [-0.2, 0) is 9.59 Å². The van der Waals surface area contributed by atoms with Gasteiger partial charge < -0.3 is 0 Å². The highest BCUT2D eigenvalue weighted by Gasteiger charge is 2.10. The standard InChI is InChI=1S/C17H18O2/c1-12-3-5-14(7-9-16(18)11-12)15-6-4-13(2)17(19)10-8-15/h3-4,7-10H,5-6,11H2,1-2H3/b9-7-,12-3-,15-14-. The van der Waals surface area contributed by atoms with E-state index in [0.29, 0.717) is 6.42 Å². The summed E-state index contributed by atoms with van der Waals surface area (Å²) in [4.78, 5) is 23.2. The zero-order valence-electron chi connectivity index (χ0n) is 11.4. The van der Waals surface area contributed by atoms with E-state index in [1.54, 1.807) is 12.2 Å². The van der Waals surface area contributed by atoms with Crippen LogP contribution < -0.4 is 0 Å². The molecule has 19 heavy (non-hydrogen) atoms. The number of rotatable bonds is 0. The second-order valence-electron chi connectivity index (χ2n) is 5.07. The highest BCUT2D eigenvalue weighted by atomic mass is 16.1. The lowest BCUT2D eigenvalue weighted by Crippen LogP contribution is -1.98. The van der Waals surface area contributed by atoms with Gasteiger partial charge in [0, 0.05) is 6.42 Å². The van der Waals surface area contributed by atoms with E-state index in [0.717, 1.165) is 35.1 Å². The Bertz CT molecular complexity index is 566. The lowest BCUT2D eigenvalue weighted by Gasteiger charge is -2.09. The summed E-state index contributed by atoms with van der Waals surface area (Å²) in [7, 11) is 0. The molecule has 0 bridgehead atoms. The maximum absolute atomic E-state index is 11.6. The molecule has 0 fully saturated rings. The van der Waals surface area contributed by atoms with Crippen LogP contribution in [-0.4, -0.2) is 11.6 Å². The summed E-state index contributed by atoms with van der Waals surface area (Å²) in [6.07, 6.45) is 13.2. The minimum absolute atomic E-state index is 0.0632. The van der Waals surface area contributed by atoms with Crippen molar-refractivity contribution in [3.8, 4) is 0 Å². The van der Waals surface area contributed by atoms with Crippen LogP contribution in [0.1, 0.15) is 33.1 Å². The number of hydrogen-bond acceptors (Lipinski definition) is 2. The average molecular weight is 254 g/mol. The molecule has 0 unspecified atom stereocenters. The molecule has 0 aromatic carbocycles. The quantitative estimate of drug-likeness (QED) is 0.619. The SMILES string of the molecule is CC1=CC/C(=C2/C=C\C(=O)C/C(C)=C\C2)C=CC1=O. The second kappa shape index (κ2) is 5.79. The van der Waals surface area contributed by atoms with Gasteiger partial charge in [-0.3, -0.25) is 9.59 Å². The molecule has 0 aromatic rings. The molecule has 0 heterocycles. The Labute approximate surface area is 113 Å². The van der Waals surface area contributed by atoms with Crippen molar-refractivity contribution in [3.05, 3.63) is 58.7 Å². The normalized spacial score (nSPS) is 28.9. The Morgan fingerprint density at radius 1 is 0.842 bits per heavy atom.